The smallest absolute Gasteiger partial charge is 0.209 e. The van der Waals surface area contributed by atoms with Gasteiger partial charge in [-0.15, -0.1) is 0 Å². The van der Waals surface area contributed by atoms with Crippen LogP contribution in [-0.2, 0) is 5.79 Å². The predicted molar refractivity (Wildman–Crippen MR) is 96.2 cm³/mol. The highest BCUT2D eigenvalue weighted by Gasteiger charge is 2.33. The maximum absolute atomic E-state index is 14.7. The van der Waals surface area contributed by atoms with Crippen LogP contribution in [0.2, 0.25) is 0 Å². The van der Waals surface area contributed by atoms with Gasteiger partial charge in [0.15, 0.2) is 0 Å². The maximum atomic E-state index is 14.7. The largest absolute Gasteiger partial charge is 0.369 e. The van der Waals surface area contributed by atoms with Gasteiger partial charge in [0.2, 0.25) is 11.7 Å². The summed E-state index contributed by atoms with van der Waals surface area (Å²) in [7, 11) is 0. The lowest BCUT2D eigenvalue weighted by molar-refractivity contribution is 0.187. The van der Waals surface area contributed by atoms with Crippen LogP contribution in [0.4, 0.5) is 10.1 Å². The monoisotopic (exact) mass is 347 g/mol. The van der Waals surface area contributed by atoms with Gasteiger partial charge < -0.3 is 10.6 Å². The number of nitrogens with zero attached hydrogens (tertiary/aromatic N) is 3. The molecular weight excluding hydrogens is 321 g/mol. The normalized spacial score (nSPS) is 28.2. The molecule has 2 heterocycles. The number of halogens is 1. The molecule has 0 bridgehead atoms. The highest BCUT2D eigenvalue weighted by atomic mass is 19.1. The zero-order valence-electron chi connectivity index (χ0n) is 14.3. The average molecular weight is 347 g/mol. The lowest BCUT2D eigenvalue weighted by Crippen LogP contribution is -2.51. The van der Waals surface area contributed by atoms with Crippen molar-refractivity contribution in [1.29, 1.82) is 0 Å². The molecule has 2 fully saturated rings. The van der Waals surface area contributed by atoms with Crippen molar-refractivity contribution in [3.8, 4) is 0 Å². The van der Waals surface area contributed by atoms with Gasteiger partial charge in [-0.25, -0.2) is 9.38 Å². The molecule has 0 radical (unpaired) electrons. The first-order valence-electron chi connectivity index (χ1n) is 9.01. The van der Waals surface area contributed by atoms with E-state index in [1.54, 1.807) is 12.1 Å². The van der Waals surface area contributed by atoms with Gasteiger partial charge >= 0.3 is 0 Å². The van der Waals surface area contributed by atoms with Crippen molar-refractivity contribution in [1.82, 2.24) is 15.8 Å². The molecule has 136 valence electrons. The summed E-state index contributed by atoms with van der Waals surface area (Å²) in [4.78, 5) is 8.77. The summed E-state index contributed by atoms with van der Waals surface area (Å²) in [6, 6.07) is 5.76. The van der Waals surface area contributed by atoms with Crippen molar-refractivity contribution in [2.24, 2.45) is 16.5 Å². The van der Waals surface area contributed by atoms with Crippen molar-refractivity contribution in [2.45, 2.75) is 37.5 Å². The molecule has 3 aliphatic rings. The minimum Gasteiger partial charge on any atom is -0.369 e. The summed E-state index contributed by atoms with van der Waals surface area (Å²) >= 11 is 0. The van der Waals surface area contributed by atoms with Crippen molar-refractivity contribution in [3.05, 3.63) is 29.6 Å². The first-order valence-corrected chi connectivity index (χ1v) is 9.01. The Balaban J connectivity index is 1.45. The number of anilines is 1. The fraction of sp³-hybridized carbons (Fsp3) is 0.588. The Hall–Kier alpha value is -1.90. The van der Waals surface area contributed by atoms with Gasteiger partial charge in [0.05, 0.1) is 5.69 Å². The van der Waals surface area contributed by atoms with Crippen LogP contribution in [0.1, 0.15) is 31.2 Å². The first kappa shape index (κ1) is 16.6. The number of nitrogens with two attached hydrogens (primary N) is 2. The summed E-state index contributed by atoms with van der Waals surface area (Å²) in [5.41, 5.74) is 18.3. The molecule has 4 rings (SSSR count). The summed E-state index contributed by atoms with van der Waals surface area (Å²) in [6.45, 7) is 3.70. The van der Waals surface area contributed by atoms with Gasteiger partial charge in [0, 0.05) is 37.8 Å². The third-order valence-electron chi connectivity index (χ3n) is 5.56. The van der Waals surface area contributed by atoms with Gasteiger partial charge in [-0.3, -0.25) is 16.1 Å². The van der Waals surface area contributed by atoms with Crippen LogP contribution in [0.15, 0.2) is 23.2 Å². The number of hydrogen-bond donors (Lipinski definition) is 4. The molecule has 0 aromatic heterocycles. The van der Waals surface area contributed by atoms with Gasteiger partial charge in [-0.2, -0.15) is 5.43 Å². The summed E-state index contributed by atoms with van der Waals surface area (Å²) in [5.74, 6) is -1.32. The number of aliphatic imine (C=N–C) groups is 1. The van der Waals surface area contributed by atoms with Gasteiger partial charge in [-0.1, -0.05) is 18.9 Å². The molecule has 0 amide bonds. The summed E-state index contributed by atoms with van der Waals surface area (Å²) in [5, 5.41) is 0. The van der Waals surface area contributed by atoms with Crippen LogP contribution >= 0.6 is 0 Å². The Kier molecular flexibility index (Phi) is 4.26. The van der Waals surface area contributed by atoms with Crippen LogP contribution in [0, 0.1) is 5.82 Å². The molecule has 7 nitrogen and oxygen atoms in total. The Morgan fingerprint density at radius 1 is 1.16 bits per heavy atom. The third kappa shape index (κ3) is 3.17. The number of nitrogens with one attached hydrogen (secondary N) is 2. The molecule has 1 aromatic carbocycles. The molecule has 1 aliphatic carbocycles. The topological polar surface area (TPSA) is 94.9 Å². The van der Waals surface area contributed by atoms with Gasteiger partial charge in [0.1, 0.15) is 5.82 Å². The summed E-state index contributed by atoms with van der Waals surface area (Å²) in [6.07, 6.45) is 5.31. The molecule has 1 saturated heterocycles. The quantitative estimate of drug-likeness (QED) is 0.632. The number of hydrazine groups is 1. The molecular formula is C17H26FN7. The summed E-state index contributed by atoms with van der Waals surface area (Å²) < 4.78 is 14.7. The fourth-order valence-electron chi connectivity index (χ4n) is 4.14. The molecule has 1 atom stereocenters. The predicted octanol–water partition coefficient (Wildman–Crippen LogP) is 0.382. The number of rotatable bonds is 3. The zero-order chi connectivity index (χ0) is 17.4. The lowest BCUT2D eigenvalue weighted by atomic mass is 10.1. The van der Waals surface area contributed by atoms with Gasteiger partial charge in [-0.05, 0) is 25.0 Å². The minimum absolute atomic E-state index is 0.190. The van der Waals surface area contributed by atoms with Crippen LogP contribution < -0.4 is 27.2 Å². The van der Waals surface area contributed by atoms with E-state index >= 15 is 0 Å². The molecule has 25 heavy (non-hydrogen) atoms. The van der Waals surface area contributed by atoms with E-state index in [4.69, 9.17) is 11.5 Å². The Morgan fingerprint density at radius 2 is 1.88 bits per heavy atom. The molecule has 8 heteroatoms. The highest BCUT2D eigenvalue weighted by Crippen LogP contribution is 2.29. The van der Waals surface area contributed by atoms with Crippen molar-refractivity contribution >= 4 is 11.6 Å². The van der Waals surface area contributed by atoms with E-state index in [-0.39, 0.29) is 11.8 Å². The second-order valence-corrected chi connectivity index (χ2v) is 7.14. The molecule has 1 aromatic rings. The van der Waals surface area contributed by atoms with E-state index in [1.807, 2.05) is 0 Å². The standard InChI is InChI=1S/C17H26FN7/c18-14-11-12(17(20)21-16(19)22-23-17)5-6-15(14)25-9-7-24(8-10-25)13-3-1-2-4-13/h5-6,11,13,23H,1-4,7-10,20H2,(H3,19,21,22). The highest BCUT2D eigenvalue weighted by molar-refractivity contribution is 5.79. The SMILES string of the molecule is NC1=NC(N)(c2ccc(N3CCN(C4CCCC4)CC3)c(F)c2)NN1. The van der Waals surface area contributed by atoms with Crippen LogP contribution in [0.25, 0.3) is 0 Å². The van der Waals surface area contributed by atoms with Crippen LogP contribution in [0.3, 0.4) is 0 Å². The van der Waals surface area contributed by atoms with E-state index in [2.05, 4.69) is 25.6 Å². The van der Waals surface area contributed by atoms with Crippen molar-refractivity contribution in [3.63, 3.8) is 0 Å². The van der Waals surface area contributed by atoms with Gasteiger partial charge in [0.25, 0.3) is 0 Å². The van der Waals surface area contributed by atoms with E-state index in [0.717, 1.165) is 32.2 Å². The number of piperazine rings is 1. The Labute approximate surface area is 147 Å². The Bertz CT molecular complexity index is 665. The number of hydrogen-bond acceptors (Lipinski definition) is 7. The Morgan fingerprint density at radius 3 is 2.48 bits per heavy atom. The number of benzene rings is 1. The van der Waals surface area contributed by atoms with E-state index < -0.39 is 5.79 Å². The van der Waals surface area contributed by atoms with Crippen molar-refractivity contribution < 1.29 is 4.39 Å². The van der Waals surface area contributed by atoms with Crippen LogP contribution in [-0.4, -0.2) is 43.1 Å². The molecule has 1 unspecified atom stereocenters. The van der Waals surface area contributed by atoms with E-state index in [1.165, 1.54) is 31.7 Å². The average Bonchev–Trinajstić information content (AvgIpc) is 3.26. The maximum Gasteiger partial charge on any atom is 0.209 e. The minimum atomic E-state index is -1.23. The van der Waals surface area contributed by atoms with E-state index in [0.29, 0.717) is 11.3 Å². The third-order valence-corrected chi connectivity index (χ3v) is 5.56. The molecule has 0 spiro atoms. The second kappa shape index (κ2) is 6.44. The second-order valence-electron chi connectivity index (χ2n) is 7.14. The number of guanidine groups is 1. The van der Waals surface area contributed by atoms with E-state index in [9.17, 15) is 4.39 Å². The molecule has 1 saturated carbocycles. The fourth-order valence-corrected chi connectivity index (χ4v) is 4.14. The first-order chi connectivity index (χ1) is 12.0. The molecule has 2 aliphatic heterocycles. The lowest BCUT2D eigenvalue weighted by Gasteiger charge is -2.39. The molecule has 6 N–H and O–H groups in total. The van der Waals surface area contributed by atoms with Crippen molar-refractivity contribution in [2.75, 3.05) is 31.1 Å². The zero-order valence-corrected chi connectivity index (χ0v) is 14.3. The van der Waals surface area contributed by atoms with Crippen LogP contribution in [0.5, 0.6) is 0 Å².